The van der Waals surface area contributed by atoms with Gasteiger partial charge in [-0.25, -0.2) is 9.97 Å². The Morgan fingerprint density at radius 2 is 2.03 bits per heavy atom. The van der Waals surface area contributed by atoms with Crippen LogP contribution in [0.15, 0.2) is 30.5 Å². The normalized spacial score (nSPS) is 20.4. The number of hydrogen-bond donors (Lipinski definition) is 1. The number of nitrogens with zero attached hydrogens (tertiary/aromatic N) is 4. The SMILES string of the molecule is C[C@H]1CC[C@@H](Cc2nc(NCCc3cccc(C#N)c3)ncc2C#N)CC1(C)C. The van der Waals surface area contributed by atoms with E-state index in [0.717, 1.165) is 30.0 Å². The molecule has 5 nitrogen and oxygen atoms in total. The lowest BCUT2D eigenvalue weighted by atomic mass is 9.65. The van der Waals surface area contributed by atoms with Gasteiger partial charge in [0.1, 0.15) is 6.07 Å². The lowest BCUT2D eigenvalue weighted by Crippen LogP contribution is -2.31. The molecule has 3 rings (SSSR count). The standard InChI is InChI=1S/C24H29N5/c1-17-7-8-19(13-24(17,2)3)12-22-21(15-26)16-28-23(29-22)27-10-9-18-5-4-6-20(11-18)14-25/h4-6,11,16-17,19H,7-10,12-13H2,1-3H3,(H,27,28,29)/t17-,19-/m0/s1. The van der Waals surface area contributed by atoms with Crippen molar-refractivity contribution in [3.05, 3.63) is 52.8 Å². The molecular formula is C24H29N5. The largest absolute Gasteiger partial charge is 0.354 e. The summed E-state index contributed by atoms with van der Waals surface area (Å²) in [4.78, 5) is 8.98. The highest BCUT2D eigenvalue weighted by atomic mass is 15.1. The van der Waals surface area contributed by atoms with E-state index in [1.807, 2.05) is 18.2 Å². The fourth-order valence-corrected chi connectivity index (χ4v) is 4.24. The number of rotatable bonds is 6. The zero-order chi connectivity index (χ0) is 20.9. The van der Waals surface area contributed by atoms with Crippen LogP contribution < -0.4 is 5.32 Å². The van der Waals surface area contributed by atoms with Crippen LogP contribution in [0.1, 0.15) is 62.4 Å². The van der Waals surface area contributed by atoms with Crippen molar-refractivity contribution in [2.45, 2.75) is 52.9 Å². The van der Waals surface area contributed by atoms with Crippen molar-refractivity contribution in [3.8, 4) is 12.1 Å². The van der Waals surface area contributed by atoms with Gasteiger partial charge in [0.25, 0.3) is 0 Å². The monoisotopic (exact) mass is 387 g/mol. The van der Waals surface area contributed by atoms with E-state index < -0.39 is 0 Å². The van der Waals surface area contributed by atoms with Gasteiger partial charge in [-0.05, 0) is 67.1 Å². The maximum absolute atomic E-state index is 9.48. The van der Waals surface area contributed by atoms with Gasteiger partial charge in [-0.15, -0.1) is 0 Å². The molecular weight excluding hydrogens is 358 g/mol. The summed E-state index contributed by atoms with van der Waals surface area (Å²) in [6, 6.07) is 12.0. The summed E-state index contributed by atoms with van der Waals surface area (Å²) in [5.41, 5.74) is 3.54. The summed E-state index contributed by atoms with van der Waals surface area (Å²) < 4.78 is 0. The number of anilines is 1. The Balaban J connectivity index is 1.64. The van der Waals surface area contributed by atoms with Gasteiger partial charge < -0.3 is 5.32 Å². The first-order valence-electron chi connectivity index (χ1n) is 10.4. The highest BCUT2D eigenvalue weighted by Gasteiger charge is 2.34. The Labute approximate surface area is 173 Å². The number of aromatic nitrogens is 2. The van der Waals surface area contributed by atoms with Crippen molar-refractivity contribution in [1.82, 2.24) is 9.97 Å². The molecule has 1 heterocycles. The summed E-state index contributed by atoms with van der Waals surface area (Å²) in [6.45, 7) is 7.72. The Morgan fingerprint density at radius 3 is 2.76 bits per heavy atom. The second-order valence-electron chi connectivity index (χ2n) is 8.90. The van der Waals surface area contributed by atoms with Crippen LogP contribution in [0.2, 0.25) is 0 Å². The van der Waals surface area contributed by atoms with Crippen molar-refractivity contribution in [2.75, 3.05) is 11.9 Å². The molecule has 0 saturated heterocycles. The van der Waals surface area contributed by atoms with Crippen molar-refractivity contribution in [3.63, 3.8) is 0 Å². The Morgan fingerprint density at radius 1 is 1.21 bits per heavy atom. The quantitative estimate of drug-likeness (QED) is 0.763. The fraction of sp³-hybridized carbons (Fsp3) is 0.500. The molecule has 29 heavy (non-hydrogen) atoms. The lowest BCUT2D eigenvalue weighted by molar-refractivity contribution is 0.107. The van der Waals surface area contributed by atoms with Crippen LogP contribution in [-0.2, 0) is 12.8 Å². The first-order valence-corrected chi connectivity index (χ1v) is 10.4. The van der Waals surface area contributed by atoms with E-state index in [-0.39, 0.29) is 0 Å². The predicted octanol–water partition coefficient (Wildman–Crippen LogP) is 4.88. The maximum atomic E-state index is 9.48. The predicted molar refractivity (Wildman–Crippen MR) is 114 cm³/mol. The molecule has 1 aliphatic carbocycles. The molecule has 1 aromatic carbocycles. The third-order valence-electron chi connectivity index (χ3n) is 6.38. The van der Waals surface area contributed by atoms with E-state index in [1.165, 1.54) is 19.3 Å². The molecule has 0 spiro atoms. The molecule has 0 aliphatic heterocycles. The van der Waals surface area contributed by atoms with Gasteiger partial charge in [-0.3, -0.25) is 0 Å². The van der Waals surface area contributed by atoms with Crippen molar-refractivity contribution in [2.24, 2.45) is 17.3 Å². The smallest absolute Gasteiger partial charge is 0.222 e. The molecule has 2 aromatic rings. The zero-order valence-corrected chi connectivity index (χ0v) is 17.6. The van der Waals surface area contributed by atoms with Gasteiger partial charge in [0.2, 0.25) is 5.95 Å². The third kappa shape index (κ3) is 5.33. The summed E-state index contributed by atoms with van der Waals surface area (Å²) in [5, 5.41) is 21.8. The van der Waals surface area contributed by atoms with Crippen LogP contribution in [0.4, 0.5) is 5.95 Å². The Hall–Kier alpha value is -2.92. The highest BCUT2D eigenvalue weighted by molar-refractivity contribution is 5.37. The molecule has 1 aliphatic rings. The number of hydrogen-bond acceptors (Lipinski definition) is 5. The summed E-state index contributed by atoms with van der Waals surface area (Å²) in [5.74, 6) is 1.86. The molecule has 0 radical (unpaired) electrons. The van der Waals surface area contributed by atoms with Crippen molar-refractivity contribution >= 4 is 5.95 Å². The topological polar surface area (TPSA) is 85.4 Å². The molecule has 1 aromatic heterocycles. The van der Waals surface area contributed by atoms with E-state index in [1.54, 1.807) is 12.3 Å². The second kappa shape index (κ2) is 9.05. The molecule has 5 heteroatoms. The van der Waals surface area contributed by atoms with Gasteiger partial charge in [-0.1, -0.05) is 32.9 Å². The zero-order valence-electron chi connectivity index (χ0n) is 17.6. The average molecular weight is 388 g/mol. The molecule has 1 fully saturated rings. The van der Waals surface area contributed by atoms with Crippen LogP contribution in [0.25, 0.3) is 0 Å². The highest BCUT2D eigenvalue weighted by Crippen LogP contribution is 2.44. The minimum absolute atomic E-state index is 0.335. The van der Waals surface area contributed by atoms with Crippen LogP contribution in [-0.4, -0.2) is 16.5 Å². The van der Waals surface area contributed by atoms with E-state index in [9.17, 15) is 5.26 Å². The minimum Gasteiger partial charge on any atom is -0.354 e. The van der Waals surface area contributed by atoms with Crippen LogP contribution in [0.3, 0.4) is 0 Å². The maximum Gasteiger partial charge on any atom is 0.222 e. The van der Waals surface area contributed by atoms with Crippen molar-refractivity contribution < 1.29 is 0 Å². The first-order chi connectivity index (χ1) is 13.9. The molecule has 1 N–H and O–H groups in total. The first kappa shape index (κ1) is 20.8. The van der Waals surface area contributed by atoms with Gasteiger partial charge in [0.15, 0.2) is 0 Å². The number of nitriles is 2. The van der Waals surface area contributed by atoms with Crippen LogP contribution in [0, 0.1) is 39.9 Å². The molecule has 2 atom stereocenters. The van der Waals surface area contributed by atoms with Crippen LogP contribution in [0.5, 0.6) is 0 Å². The average Bonchev–Trinajstić information content (AvgIpc) is 2.71. The van der Waals surface area contributed by atoms with Crippen molar-refractivity contribution in [1.29, 1.82) is 10.5 Å². The third-order valence-corrected chi connectivity index (χ3v) is 6.38. The lowest BCUT2D eigenvalue weighted by Gasteiger charge is -2.40. The molecule has 0 bridgehead atoms. The second-order valence-corrected chi connectivity index (χ2v) is 8.90. The minimum atomic E-state index is 0.335. The summed E-state index contributed by atoms with van der Waals surface area (Å²) >= 11 is 0. The summed E-state index contributed by atoms with van der Waals surface area (Å²) in [7, 11) is 0. The van der Waals surface area contributed by atoms with E-state index in [4.69, 9.17) is 5.26 Å². The van der Waals surface area contributed by atoms with Gasteiger partial charge in [0.05, 0.1) is 29.1 Å². The Kier molecular flexibility index (Phi) is 6.49. The number of benzene rings is 1. The van der Waals surface area contributed by atoms with Gasteiger partial charge in [-0.2, -0.15) is 10.5 Å². The molecule has 0 unspecified atom stereocenters. The number of nitrogens with one attached hydrogen (secondary N) is 1. The van der Waals surface area contributed by atoms with E-state index >= 15 is 0 Å². The molecule has 150 valence electrons. The van der Waals surface area contributed by atoms with E-state index in [0.29, 0.717) is 35.0 Å². The van der Waals surface area contributed by atoms with Crippen LogP contribution >= 0.6 is 0 Å². The van der Waals surface area contributed by atoms with E-state index in [2.05, 4.69) is 48.2 Å². The fourth-order valence-electron chi connectivity index (χ4n) is 4.24. The summed E-state index contributed by atoms with van der Waals surface area (Å²) in [6.07, 6.45) is 6.84. The molecule has 1 saturated carbocycles. The van der Waals surface area contributed by atoms with Gasteiger partial charge in [0, 0.05) is 6.54 Å². The molecule has 0 amide bonds. The van der Waals surface area contributed by atoms with Gasteiger partial charge >= 0.3 is 0 Å². The Bertz CT molecular complexity index is 935.